The van der Waals surface area contributed by atoms with Crippen LogP contribution in [-0.2, 0) is 17.4 Å². The van der Waals surface area contributed by atoms with Crippen LogP contribution in [0, 0.1) is 0 Å². The number of aromatic nitrogens is 3. The second kappa shape index (κ2) is 9.52. The lowest BCUT2D eigenvalue weighted by molar-refractivity contribution is -0.274. The minimum absolute atomic E-state index is 0.0167. The van der Waals surface area contributed by atoms with E-state index < -0.39 is 35.0 Å². The third kappa shape index (κ3) is 4.65. The first-order chi connectivity index (χ1) is 17.4. The molecule has 4 rings (SSSR count). The summed E-state index contributed by atoms with van der Waals surface area (Å²) < 4.78 is 59.2. The maximum absolute atomic E-state index is 14.4. The predicted octanol–water partition coefficient (Wildman–Crippen LogP) is 4.71. The van der Waals surface area contributed by atoms with Crippen molar-refractivity contribution in [3.8, 4) is 11.8 Å². The van der Waals surface area contributed by atoms with Crippen molar-refractivity contribution in [2.75, 3.05) is 7.11 Å². The molecular weight excluding hydrogens is 519 g/mol. The number of rotatable bonds is 6. The van der Waals surface area contributed by atoms with E-state index in [0.717, 1.165) is 16.7 Å². The first-order valence-electron chi connectivity index (χ1n) is 10.6. The molecule has 9 nitrogen and oxygen atoms in total. The van der Waals surface area contributed by atoms with Crippen molar-refractivity contribution in [3.05, 3.63) is 81.1 Å². The Hall–Kier alpha value is -3.90. The molecule has 2 unspecified atom stereocenters. The molecule has 0 saturated carbocycles. The van der Waals surface area contributed by atoms with Gasteiger partial charge in [0, 0.05) is 30.4 Å². The van der Waals surface area contributed by atoms with Crippen LogP contribution in [-0.4, -0.2) is 38.9 Å². The summed E-state index contributed by atoms with van der Waals surface area (Å²) in [7, 11) is 2.55. The molecule has 1 N–H and O–H groups in total. The Morgan fingerprint density at radius 2 is 1.84 bits per heavy atom. The lowest BCUT2D eigenvalue weighted by atomic mass is 9.77. The molecule has 0 radical (unpaired) electrons. The van der Waals surface area contributed by atoms with Crippen molar-refractivity contribution in [3.63, 3.8) is 0 Å². The number of hydrogen-bond donors (Lipinski definition) is 1. The van der Waals surface area contributed by atoms with Crippen LogP contribution in [0.1, 0.15) is 34.3 Å². The first kappa shape index (κ1) is 26.2. The van der Waals surface area contributed by atoms with Crippen molar-refractivity contribution >= 4 is 28.7 Å². The summed E-state index contributed by atoms with van der Waals surface area (Å²) >= 11 is 6.32. The van der Waals surface area contributed by atoms with Gasteiger partial charge in [0.15, 0.2) is 11.2 Å². The number of carbonyl (C=O) groups is 1. The number of halogens is 4. The number of methoxy groups -OCH3 is 1. The first-order valence-corrected chi connectivity index (χ1v) is 11.0. The highest BCUT2D eigenvalue weighted by atomic mass is 35.5. The molecule has 2 aromatic heterocycles. The summed E-state index contributed by atoms with van der Waals surface area (Å²) in [5.74, 6) is -2.86. The molecule has 2 aromatic carbocycles. The second-order valence-electron chi connectivity index (χ2n) is 8.13. The molecule has 2 heterocycles. The Labute approximate surface area is 212 Å². The van der Waals surface area contributed by atoms with Crippen LogP contribution >= 0.6 is 11.6 Å². The zero-order chi connectivity index (χ0) is 27.1. The van der Waals surface area contributed by atoms with Gasteiger partial charge in [-0.25, -0.2) is 19.6 Å². The van der Waals surface area contributed by atoms with Gasteiger partial charge in [-0.1, -0.05) is 30.7 Å². The van der Waals surface area contributed by atoms with Crippen LogP contribution in [0.25, 0.3) is 11.1 Å². The van der Waals surface area contributed by atoms with Crippen molar-refractivity contribution in [2.24, 2.45) is 7.05 Å². The molecule has 0 aliphatic rings. The van der Waals surface area contributed by atoms with Gasteiger partial charge in [-0.2, -0.15) is 13.2 Å². The highest BCUT2D eigenvalue weighted by Gasteiger charge is 2.59. The van der Waals surface area contributed by atoms with Crippen LogP contribution in [0.15, 0.2) is 58.0 Å². The molecule has 4 aromatic rings. The number of fused-ring (bicyclic) bond motifs is 1. The van der Waals surface area contributed by atoms with Gasteiger partial charge >= 0.3 is 23.9 Å². The highest BCUT2D eigenvalue weighted by molar-refractivity contribution is 6.31. The molecule has 0 bridgehead atoms. The van der Waals surface area contributed by atoms with Crippen LogP contribution in [0.2, 0.25) is 5.02 Å². The molecule has 2 atom stereocenters. The molecular formula is C24H19ClF3N3O6. The molecule has 0 saturated heterocycles. The van der Waals surface area contributed by atoms with Gasteiger partial charge < -0.3 is 19.0 Å². The summed E-state index contributed by atoms with van der Waals surface area (Å²) in [5.41, 5.74) is -3.62. The van der Waals surface area contributed by atoms with Crippen molar-refractivity contribution in [2.45, 2.75) is 24.6 Å². The second-order valence-corrected chi connectivity index (χ2v) is 8.53. The maximum Gasteiger partial charge on any atom is 0.422 e. The van der Waals surface area contributed by atoms with Gasteiger partial charge in [-0.3, -0.25) is 4.57 Å². The number of benzene rings is 2. The fourth-order valence-corrected chi connectivity index (χ4v) is 4.20. The number of alkyl halides is 3. The summed E-state index contributed by atoms with van der Waals surface area (Å²) in [6.45, 7) is 1.18. The topological polar surface area (TPSA) is 117 Å². The van der Waals surface area contributed by atoms with Crippen LogP contribution in [0.4, 0.5) is 13.2 Å². The van der Waals surface area contributed by atoms with Gasteiger partial charge in [0.05, 0.1) is 18.2 Å². The minimum atomic E-state index is -5.11. The maximum atomic E-state index is 14.4. The van der Waals surface area contributed by atoms with Gasteiger partial charge in [0.1, 0.15) is 5.75 Å². The standard InChI is InChI=1S/C24H19ClF3N3O6/c1-12(23(34,24(26,27)28)14-4-7-19-18(8-14)31(2)22(33)37-19)16-6-5-15(9-17(16)25)36-21-29-10-13(11-30-21)20(32)35-3/h4-12,34H,1-3H3. The number of esters is 1. The number of ether oxygens (including phenoxy) is 2. The lowest BCUT2D eigenvalue weighted by Gasteiger charge is -2.37. The molecule has 37 heavy (non-hydrogen) atoms. The van der Waals surface area contributed by atoms with E-state index in [0.29, 0.717) is 0 Å². The van der Waals surface area contributed by atoms with Crippen molar-refractivity contribution in [1.82, 2.24) is 14.5 Å². The largest absolute Gasteiger partial charge is 0.465 e. The third-order valence-electron chi connectivity index (χ3n) is 5.99. The number of oxazole rings is 1. The van der Waals surface area contributed by atoms with E-state index >= 15 is 0 Å². The number of aryl methyl sites for hydroxylation is 1. The fourth-order valence-electron chi connectivity index (χ4n) is 3.87. The van der Waals surface area contributed by atoms with E-state index in [1.54, 1.807) is 0 Å². The van der Waals surface area contributed by atoms with Crippen LogP contribution in [0.5, 0.6) is 11.8 Å². The van der Waals surface area contributed by atoms with Crippen LogP contribution in [0.3, 0.4) is 0 Å². The average molecular weight is 538 g/mol. The molecule has 0 aliphatic carbocycles. The summed E-state index contributed by atoms with van der Waals surface area (Å²) in [4.78, 5) is 31.0. The quantitative estimate of drug-likeness (QED) is 0.352. The normalized spacial score (nSPS) is 14.3. The summed E-state index contributed by atoms with van der Waals surface area (Å²) in [5, 5.41) is 11.0. The van der Waals surface area contributed by atoms with Gasteiger partial charge in [-0.05, 0) is 35.4 Å². The monoisotopic (exact) mass is 537 g/mol. The number of hydrogen-bond acceptors (Lipinski definition) is 8. The third-order valence-corrected chi connectivity index (χ3v) is 6.31. The van der Waals surface area contributed by atoms with E-state index in [2.05, 4.69) is 14.7 Å². The molecule has 0 spiro atoms. The Morgan fingerprint density at radius 1 is 1.16 bits per heavy atom. The van der Waals surface area contributed by atoms with Crippen LogP contribution < -0.4 is 10.5 Å². The molecule has 0 amide bonds. The van der Waals surface area contributed by atoms with Gasteiger partial charge in [0.25, 0.3) is 0 Å². The SMILES string of the molecule is COC(=O)c1cnc(Oc2ccc(C(C)C(O)(c3ccc4oc(=O)n(C)c4c3)C(F)(F)F)c(Cl)c2)nc1. The highest BCUT2D eigenvalue weighted by Crippen LogP contribution is 2.50. The van der Waals surface area contributed by atoms with E-state index in [4.69, 9.17) is 20.8 Å². The molecule has 194 valence electrons. The number of nitrogens with zero attached hydrogens (tertiary/aromatic N) is 3. The Kier molecular flexibility index (Phi) is 6.74. The minimum Gasteiger partial charge on any atom is -0.465 e. The zero-order valence-electron chi connectivity index (χ0n) is 19.5. The van der Waals surface area contributed by atoms with Crippen molar-refractivity contribution < 1.29 is 37.0 Å². The fraction of sp³-hybridized carbons (Fsp3) is 0.250. The van der Waals surface area contributed by atoms with E-state index in [1.807, 2.05) is 0 Å². The summed E-state index contributed by atoms with van der Waals surface area (Å²) in [6, 6.07) is 7.05. The average Bonchev–Trinajstić information content (AvgIpc) is 3.15. The lowest BCUT2D eigenvalue weighted by Crippen LogP contribution is -2.46. The number of carbonyl (C=O) groups excluding carboxylic acids is 1. The smallest absolute Gasteiger partial charge is 0.422 e. The van der Waals surface area contributed by atoms with Gasteiger partial charge in [0.2, 0.25) is 0 Å². The predicted molar refractivity (Wildman–Crippen MR) is 125 cm³/mol. The Balaban J connectivity index is 1.68. The van der Waals surface area contributed by atoms with E-state index in [9.17, 15) is 27.9 Å². The molecule has 0 aliphatic heterocycles. The van der Waals surface area contributed by atoms with Gasteiger partial charge in [-0.15, -0.1) is 0 Å². The van der Waals surface area contributed by atoms with Crippen molar-refractivity contribution in [1.29, 1.82) is 0 Å². The zero-order valence-corrected chi connectivity index (χ0v) is 20.3. The molecule has 0 fully saturated rings. The van der Waals surface area contributed by atoms with E-state index in [1.165, 1.54) is 57.7 Å². The number of aliphatic hydroxyl groups is 1. The Morgan fingerprint density at radius 3 is 2.43 bits per heavy atom. The molecule has 13 heteroatoms. The van der Waals surface area contributed by atoms with E-state index in [-0.39, 0.29) is 39.0 Å². The summed E-state index contributed by atoms with van der Waals surface area (Å²) in [6.07, 6.45) is -2.75. The Bertz CT molecular complexity index is 1530.